The third-order valence-corrected chi connectivity index (χ3v) is 10.8. The van der Waals surface area contributed by atoms with Gasteiger partial charge >= 0.3 is 0 Å². The quantitative estimate of drug-likeness (QED) is 0.189. The molecular weight excluding hydrogens is 623 g/mol. The summed E-state index contributed by atoms with van der Waals surface area (Å²) in [7, 11) is 0. The molecule has 1 atom stereocenters. The second-order valence-corrected chi connectivity index (χ2v) is 13.8. The van der Waals surface area contributed by atoms with Crippen LogP contribution in [0, 0.1) is 0 Å². The maximum absolute atomic E-state index is 6.91. The fourth-order valence-corrected chi connectivity index (χ4v) is 8.30. The Kier molecular flexibility index (Phi) is 6.56. The van der Waals surface area contributed by atoms with Gasteiger partial charge < -0.3 is 4.74 Å². The van der Waals surface area contributed by atoms with E-state index in [2.05, 4.69) is 153 Å². The summed E-state index contributed by atoms with van der Waals surface area (Å²) < 4.78 is 6.91. The predicted octanol–water partition coefficient (Wildman–Crippen LogP) is 10.8. The number of benzene rings is 6. The molecule has 0 amide bonds. The molecule has 0 fully saturated rings. The molecular formula is C47H33N3O. The van der Waals surface area contributed by atoms with E-state index >= 15 is 0 Å². The average molecular weight is 656 g/mol. The predicted molar refractivity (Wildman–Crippen MR) is 203 cm³/mol. The van der Waals surface area contributed by atoms with Gasteiger partial charge in [0.1, 0.15) is 17.3 Å². The van der Waals surface area contributed by atoms with E-state index in [4.69, 9.17) is 19.7 Å². The summed E-state index contributed by atoms with van der Waals surface area (Å²) in [5, 5.41) is 0. The Labute approximate surface area is 297 Å². The van der Waals surface area contributed by atoms with Crippen LogP contribution in [0.5, 0.6) is 5.75 Å². The molecule has 4 heteroatoms. The number of ether oxygens (including phenoxy) is 1. The number of fused-ring (bicyclic) bond motifs is 8. The molecule has 0 saturated heterocycles. The van der Waals surface area contributed by atoms with Gasteiger partial charge in [-0.25, -0.2) is 15.0 Å². The molecule has 10 rings (SSSR count). The van der Waals surface area contributed by atoms with Crippen molar-refractivity contribution in [2.75, 3.05) is 0 Å². The molecule has 1 spiro atoms. The molecule has 0 N–H and O–H groups in total. The molecule has 3 aliphatic rings. The molecule has 4 nitrogen and oxygen atoms in total. The van der Waals surface area contributed by atoms with Crippen LogP contribution in [0.4, 0.5) is 0 Å². The Morgan fingerprint density at radius 1 is 0.490 bits per heavy atom. The van der Waals surface area contributed by atoms with Crippen molar-refractivity contribution < 1.29 is 4.74 Å². The molecule has 51 heavy (non-hydrogen) atoms. The molecule has 1 aromatic heterocycles. The summed E-state index contributed by atoms with van der Waals surface area (Å²) in [5.41, 5.74) is 10.6. The zero-order valence-corrected chi connectivity index (χ0v) is 28.1. The highest BCUT2D eigenvalue weighted by Crippen LogP contribution is 2.62. The van der Waals surface area contributed by atoms with Crippen LogP contribution < -0.4 is 4.74 Å². The number of para-hydroxylation sites is 1. The van der Waals surface area contributed by atoms with Gasteiger partial charge in [0, 0.05) is 28.7 Å². The highest BCUT2D eigenvalue weighted by molar-refractivity contribution is 5.88. The highest BCUT2D eigenvalue weighted by Gasteiger charge is 2.53. The standard InChI is InChI=1S/C47H33N3O/c1-46(45-49-43(33-16-6-3-7-17-33)48-44(50-45)34-26-24-32(25-27-34)31-14-4-2-5-15-31)29-28-40-42(30-46)51-41-23-13-12-22-39(41)47(40)37-20-10-8-18-35(37)36-19-9-11-21-38(36)47/h2-29H,30H2,1H3. The zero-order valence-electron chi connectivity index (χ0n) is 28.1. The summed E-state index contributed by atoms with van der Waals surface area (Å²) in [6.45, 7) is 2.22. The first-order valence-electron chi connectivity index (χ1n) is 17.5. The van der Waals surface area contributed by atoms with Crippen LogP contribution in [-0.2, 0) is 10.8 Å². The highest BCUT2D eigenvalue weighted by atomic mass is 16.5. The van der Waals surface area contributed by atoms with Gasteiger partial charge in [0.05, 0.1) is 10.8 Å². The van der Waals surface area contributed by atoms with Crippen molar-refractivity contribution in [3.05, 3.63) is 204 Å². The molecule has 2 heterocycles. The van der Waals surface area contributed by atoms with E-state index in [1.165, 1.54) is 39.0 Å². The minimum atomic E-state index is -0.560. The van der Waals surface area contributed by atoms with Gasteiger partial charge in [0.15, 0.2) is 11.6 Å². The van der Waals surface area contributed by atoms with Crippen LogP contribution in [0.1, 0.15) is 35.9 Å². The zero-order chi connectivity index (χ0) is 34.0. The van der Waals surface area contributed by atoms with Crippen molar-refractivity contribution in [3.63, 3.8) is 0 Å². The summed E-state index contributed by atoms with van der Waals surface area (Å²) >= 11 is 0. The van der Waals surface area contributed by atoms with Crippen LogP contribution >= 0.6 is 0 Å². The smallest absolute Gasteiger partial charge is 0.163 e. The SMILES string of the molecule is CC1(c2nc(-c3ccccc3)nc(-c3ccc(-c4ccccc4)cc3)n2)C=CC2=C(C1)Oc1ccccc1C21c2ccccc2-c2ccccc21. The Morgan fingerprint density at radius 3 is 1.63 bits per heavy atom. The lowest BCUT2D eigenvalue weighted by atomic mass is 9.63. The van der Waals surface area contributed by atoms with E-state index in [1.807, 2.05) is 24.3 Å². The fourth-order valence-electron chi connectivity index (χ4n) is 8.30. The number of allylic oxidation sites excluding steroid dienone is 4. The molecule has 1 unspecified atom stereocenters. The van der Waals surface area contributed by atoms with Gasteiger partial charge in [-0.2, -0.15) is 0 Å². The van der Waals surface area contributed by atoms with E-state index < -0.39 is 10.8 Å². The molecule has 0 saturated carbocycles. The normalized spacial score (nSPS) is 17.7. The summed E-state index contributed by atoms with van der Waals surface area (Å²) in [4.78, 5) is 15.4. The van der Waals surface area contributed by atoms with Crippen LogP contribution in [0.3, 0.4) is 0 Å². The van der Waals surface area contributed by atoms with E-state index in [1.54, 1.807) is 0 Å². The first-order valence-corrected chi connectivity index (χ1v) is 17.5. The van der Waals surface area contributed by atoms with Crippen molar-refractivity contribution in [2.45, 2.75) is 24.2 Å². The van der Waals surface area contributed by atoms with Gasteiger partial charge in [0.2, 0.25) is 0 Å². The summed E-state index contributed by atoms with van der Waals surface area (Å²) in [6.07, 6.45) is 5.18. The maximum Gasteiger partial charge on any atom is 0.163 e. The molecule has 6 aromatic carbocycles. The van der Waals surface area contributed by atoms with Crippen LogP contribution in [0.15, 0.2) is 181 Å². The minimum Gasteiger partial charge on any atom is -0.461 e. The van der Waals surface area contributed by atoms with Gasteiger partial charge in [-0.3, -0.25) is 0 Å². The second kappa shape index (κ2) is 11.3. The first-order chi connectivity index (χ1) is 25.1. The number of hydrogen-bond donors (Lipinski definition) is 0. The monoisotopic (exact) mass is 655 g/mol. The van der Waals surface area contributed by atoms with Gasteiger partial charge in [0.25, 0.3) is 0 Å². The topological polar surface area (TPSA) is 47.9 Å². The Hall–Kier alpha value is -6.39. The fraction of sp³-hybridized carbons (Fsp3) is 0.0851. The third kappa shape index (κ3) is 4.49. The van der Waals surface area contributed by atoms with E-state index in [0.29, 0.717) is 23.9 Å². The molecule has 1 aliphatic heterocycles. The van der Waals surface area contributed by atoms with Gasteiger partial charge in [-0.15, -0.1) is 0 Å². The molecule has 242 valence electrons. The summed E-state index contributed by atoms with van der Waals surface area (Å²) in [6, 6.07) is 55.3. The Balaban J connectivity index is 1.12. The molecule has 0 bridgehead atoms. The molecule has 2 aliphatic carbocycles. The second-order valence-electron chi connectivity index (χ2n) is 13.8. The molecule has 7 aromatic rings. The Morgan fingerprint density at radius 2 is 0.980 bits per heavy atom. The number of nitrogens with zero attached hydrogens (tertiary/aromatic N) is 3. The van der Waals surface area contributed by atoms with Crippen molar-refractivity contribution >= 4 is 0 Å². The Bertz CT molecular complexity index is 2490. The van der Waals surface area contributed by atoms with Crippen molar-refractivity contribution in [1.29, 1.82) is 0 Å². The van der Waals surface area contributed by atoms with Crippen LogP contribution in [0.2, 0.25) is 0 Å². The number of aromatic nitrogens is 3. The first kappa shape index (κ1) is 29.5. The summed E-state index contributed by atoms with van der Waals surface area (Å²) in [5.74, 6) is 3.85. The number of hydrogen-bond acceptors (Lipinski definition) is 4. The van der Waals surface area contributed by atoms with Crippen molar-refractivity contribution in [2.24, 2.45) is 0 Å². The number of rotatable bonds is 4. The molecule has 0 radical (unpaired) electrons. The van der Waals surface area contributed by atoms with E-state index in [0.717, 1.165) is 28.2 Å². The van der Waals surface area contributed by atoms with Crippen LogP contribution in [0.25, 0.3) is 45.0 Å². The third-order valence-electron chi connectivity index (χ3n) is 10.8. The average Bonchev–Trinajstić information content (AvgIpc) is 3.49. The lowest BCUT2D eigenvalue weighted by Gasteiger charge is -2.43. The maximum atomic E-state index is 6.91. The minimum absolute atomic E-state index is 0.491. The van der Waals surface area contributed by atoms with Crippen molar-refractivity contribution in [1.82, 2.24) is 15.0 Å². The van der Waals surface area contributed by atoms with Crippen molar-refractivity contribution in [3.8, 4) is 50.8 Å². The van der Waals surface area contributed by atoms with Gasteiger partial charge in [-0.05, 0) is 46.4 Å². The van der Waals surface area contributed by atoms with E-state index in [-0.39, 0.29) is 0 Å². The largest absolute Gasteiger partial charge is 0.461 e. The van der Waals surface area contributed by atoms with Gasteiger partial charge in [-0.1, -0.05) is 164 Å². The lowest BCUT2D eigenvalue weighted by molar-refractivity contribution is 0.330. The lowest BCUT2D eigenvalue weighted by Crippen LogP contribution is -2.38. The van der Waals surface area contributed by atoms with E-state index in [9.17, 15) is 0 Å². The van der Waals surface area contributed by atoms with Crippen LogP contribution in [-0.4, -0.2) is 15.0 Å².